The second kappa shape index (κ2) is 7.85. The average Bonchev–Trinajstić information content (AvgIpc) is 3.16. The third-order valence-corrected chi connectivity index (χ3v) is 5.22. The fourth-order valence-corrected chi connectivity index (χ4v) is 3.62. The molecule has 0 saturated carbocycles. The molecular formula is C20H20N2O3S. The molecule has 1 saturated heterocycles. The molecule has 134 valence electrons. The van der Waals surface area contributed by atoms with E-state index in [0.717, 1.165) is 41.1 Å². The Morgan fingerprint density at radius 2 is 2.12 bits per heavy atom. The van der Waals surface area contributed by atoms with Gasteiger partial charge in [-0.05, 0) is 61.7 Å². The lowest BCUT2D eigenvalue weighted by molar-refractivity contribution is -0.0110. The van der Waals surface area contributed by atoms with Crippen LogP contribution in [0.25, 0.3) is 10.2 Å². The molecule has 1 fully saturated rings. The second-order valence-electron chi connectivity index (χ2n) is 6.31. The van der Waals surface area contributed by atoms with Crippen LogP contribution in [0.5, 0.6) is 5.75 Å². The highest BCUT2D eigenvalue weighted by molar-refractivity contribution is 7.16. The molecule has 4 rings (SSSR count). The van der Waals surface area contributed by atoms with Gasteiger partial charge in [0, 0.05) is 17.9 Å². The lowest BCUT2D eigenvalue weighted by atomic mass is 10.1. The summed E-state index contributed by atoms with van der Waals surface area (Å²) in [4.78, 5) is 16.7. The van der Waals surface area contributed by atoms with E-state index in [2.05, 4.69) is 10.3 Å². The number of amides is 1. The van der Waals surface area contributed by atoms with E-state index in [0.29, 0.717) is 12.2 Å². The summed E-state index contributed by atoms with van der Waals surface area (Å²) in [5.74, 6) is 0.630. The van der Waals surface area contributed by atoms with Crippen molar-refractivity contribution in [1.82, 2.24) is 4.98 Å². The van der Waals surface area contributed by atoms with Gasteiger partial charge in [0.25, 0.3) is 5.91 Å². The van der Waals surface area contributed by atoms with Gasteiger partial charge in [0.1, 0.15) is 12.4 Å². The number of nitrogens with one attached hydrogen (secondary N) is 1. The molecule has 2 heterocycles. The van der Waals surface area contributed by atoms with Gasteiger partial charge in [-0.2, -0.15) is 0 Å². The number of carbonyl (C=O) groups is 1. The van der Waals surface area contributed by atoms with Crippen LogP contribution in [0.4, 0.5) is 5.69 Å². The highest BCUT2D eigenvalue weighted by Gasteiger charge is 2.14. The molecule has 5 nitrogen and oxygen atoms in total. The van der Waals surface area contributed by atoms with Crippen LogP contribution in [0, 0.1) is 0 Å². The second-order valence-corrected chi connectivity index (χ2v) is 7.20. The van der Waals surface area contributed by atoms with Gasteiger partial charge in [-0.25, -0.2) is 4.98 Å². The van der Waals surface area contributed by atoms with Crippen molar-refractivity contribution in [2.75, 3.05) is 18.5 Å². The minimum Gasteiger partial charge on any atom is -0.491 e. The molecule has 1 aromatic heterocycles. The topological polar surface area (TPSA) is 60.5 Å². The molecule has 1 N–H and O–H groups in total. The molecule has 1 amide bonds. The zero-order chi connectivity index (χ0) is 17.8. The average molecular weight is 368 g/mol. The summed E-state index contributed by atoms with van der Waals surface area (Å²) in [6, 6.07) is 13.0. The number of anilines is 1. The monoisotopic (exact) mass is 368 g/mol. The predicted molar refractivity (Wildman–Crippen MR) is 103 cm³/mol. The number of benzene rings is 2. The summed E-state index contributed by atoms with van der Waals surface area (Å²) in [6.45, 7) is 1.39. The van der Waals surface area contributed by atoms with Gasteiger partial charge in [0.2, 0.25) is 0 Å². The number of carbonyl (C=O) groups excluding carboxylic acids is 1. The maximum Gasteiger partial charge on any atom is 0.255 e. The van der Waals surface area contributed by atoms with E-state index >= 15 is 0 Å². The van der Waals surface area contributed by atoms with E-state index in [9.17, 15) is 4.79 Å². The number of fused-ring (bicyclic) bond motifs is 1. The van der Waals surface area contributed by atoms with Crippen molar-refractivity contribution < 1.29 is 14.3 Å². The summed E-state index contributed by atoms with van der Waals surface area (Å²) >= 11 is 1.56. The first-order valence-electron chi connectivity index (χ1n) is 8.77. The van der Waals surface area contributed by atoms with Crippen molar-refractivity contribution in [2.45, 2.75) is 25.4 Å². The Bertz CT molecular complexity index is 885. The molecule has 3 aromatic rings. The number of aromatic nitrogens is 1. The summed E-state index contributed by atoms with van der Waals surface area (Å²) in [5, 5.41) is 2.90. The van der Waals surface area contributed by atoms with Crippen LogP contribution in [0.2, 0.25) is 0 Å². The number of hydrogen-bond acceptors (Lipinski definition) is 5. The number of rotatable bonds is 5. The molecule has 0 bridgehead atoms. The van der Waals surface area contributed by atoms with Crippen LogP contribution in [-0.4, -0.2) is 30.2 Å². The molecule has 6 heteroatoms. The fourth-order valence-electron chi connectivity index (χ4n) is 2.96. The molecular weight excluding hydrogens is 348 g/mol. The van der Waals surface area contributed by atoms with Crippen molar-refractivity contribution >= 4 is 33.1 Å². The van der Waals surface area contributed by atoms with E-state index in [-0.39, 0.29) is 12.0 Å². The molecule has 1 unspecified atom stereocenters. The Hall–Kier alpha value is -2.44. The largest absolute Gasteiger partial charge is 0.491 e. The first-order chi connectivity index (χ1) is 12.8. The van der Waals surface area contributed by atoms with Gasteiger partial charge in [0.05, 0.1) is 21.8 Å². The minimum atomic E-state index is -0.149. The van der Waals surface area contributed by atoms with Crippen molar-refractivity contribution in [3.05, 3.63) is 53.5 Å². The van der Waals surface area contributed by atoms with E-state index in [1.807, 2.05) is 42.5 Å². The van der Waals surface area contributed by atoms with Crippen LogP contribution >= 0.6 is 11.3 Å². The lowest BCUT2D eigenvalue weighted by Gasteiger charge is -2.22. The highest BCUT2D eigenvalue weighted by Crippen LogP contribution is 2.21. The third kappa shape index (κ3) is 4.03. The van der Waals surface area contributed by atoms with Gasteiger partial charge in [-0.3, -0.25) is 4.79 Å². The zero-order valence-corrected chi connectivity index (χ0v) is 15.1. The van der Waals surface area contributed by atoms with E-state index in [1.54, 1.807) is 16.8 Å². The van der Waals surface area contributed by atoms with Crippen LogP contribution in [0.1, 0.15) is 29.6 Å². The molecule has 26 heavy (non-hydrogen) atoms. The third-order valence-electron chi connectivity index (χ3n) is 4.41. The predicted octanol–water partition coefficient (Wildman–Crippen LogP) is 4.50. The maximum absolute atomic E-state index is 12.4. The van der Waals surface area contributed by atoms with Crippen molar-refractivity contribution in [1.29, 1.82) is 0 Å². The summed E-state index contributed by atoms with van der Waals surface area (Å²) < 4.78 is 12.5. The van der Waals surface area contributed by atoms with Gasteiger partial charge >= 0.3 is 0 Å². The van der Waals surface area contributed by atoms with Gasteiger partial charge < -0.3 is 14.8 Å². The SMILES string of the molecule is O=C(Nc1ccc(OCC2CCCCO2)cc1)c1ccc2scnc2c1. The molecule has 1 aliphatic rings. The minimum absolute atomic E-state index is 0.149. The van der Waals surface area contributed by atoms with Crippen molar-refractivity contribution in [3.63, 3.8) is 0 Å². The first kappa shape index (κ1) is 17.0. The van der Waals surface area contributed by atoms with Crippen LogP contribution < -0.4 is 10.1 Å². The fraction of sp³-hybridized carbons (Fsp3) is 0.300. The zero-order valence-electron chi connectivity index (χ0n) is 14.3. The van der Waals surface area contributed by atoms with Crippen LogP contribution in [-0.2, 0) is 4.74 Å². The number of ether oxygens (including phenoxy) is 2. The van der Waals surface area contributed by atoms with Crippen LogP contribution in [0.15, 0.2) is 48.0 Å². The van der Waals surface area contributed by atoms with Crippen LogP contribution in [0.3, 0.4) is 0 Å². The maximum atomic E-state index is 12.4. The molecule has 0 radical (unpaired) electrons. The molecule has 2 aromatic carbocycles. The Balaban J connectivity index is 1.34. The summed E-state index contributed by atoms with van der Waals surface area (Å²) in [7, 11) is 0. The van der Waals surface area contributed by atoms with Crippen molar-refractivity contribution in [3.8, 4) is 5.75 Å². The van der Waals surface area contributed by atoms with Gasteiger partial charge in [-0.1, -0.05) is 0 Å². The van der Waals surface area contributed by atoms with E-state index < -0.39 is 0 Å². The number of hydrogen-bond donors (Lipinski definition) is 1. The Kier molecular flexibility index (Phi) is 5.13. The van der Waals surface area contributed by atoms with E-state index in [4.69, 9.17) is 9.47 Å². The molecule has 0 spiro atoms. The Morgan fingerprint density at radius 1 is 1.23 bits per heavy atom. The van der Waals surface area contributed by atoms with E-state index in [1.165, 1.54) is 6.42 Å². The highest BCUT2D eigenvalue weighted by atomic mass is 32.1. The molecule has 0 aliphatic carbocycles. The normalized spacial score (nSPS) is 17.2. The molecule has 1 atom stereocenters. The summed E-state index contributed by atoms with van der Waals surface area (Å²) in [6.07, 6.45) is 3.58. The first-order valence-corrected chi connectivity index (χ1v) is 9.65. The van der Waals surface area contributed by atoms with Crippen molar-refractivity contribution in [2.24, 2.45) is 0 Å². The lowest BCUT2D eigenvalue weighted by Crippen LogP contribution is -2.25. The Morgan fingerprint density at radius 3 is 2.92 bits per heavy atom. The number of nitrogens with zero attached hydrogens (tertiary/aromatic N) is 1. The quantitative estimate of drug-likeness (QED) is 0.720. The number of thiazole rings is 1. The van der Waals surface area contributed by atoms with Gasteiger partial charge in [-0.15, -0.1) is 11.3 Å². The standard InChI is InChI=1S/C20H20N2O3S/c23-20(14-4-9-19-18(11-14)21-13-26-19)22-15-5-7-16(8-6-15)25-12-17-3-1-2-10-24-17/h4-9,11,13,17H,1-3,10,12H2,(H,22,23). The Labute approximate surface area is 156 Å². The summed E-state index contributed by atoms with van der Waals surface area (Å²) in [5.41, 5.74) is 3.95. The van der Waals surface area contributed by atoms with Gasteiger partial charge in [0.15, 0.2) is 0 Å². The smallest absolute Gasteiger partial charge is 0.255 e. The molecule has 1 aliphatic heterocycles.